The van der Waals surface area contributed by atoms with Gasteiger partial charge in [-0.1, -0.05) is 18.7 Å². The lowest BCUT2D eigenvalue weighted by Crippen LogP contribution is -2.03. The zero-order valence-corrected chi connectivity index (χ0v) is 11.5. The van der Waals surface area contributed by atoms with Crippen LogP contribution in [0.1, 0.15) is 24.3 Å². The quantitative estimate of drug-likeness (QED) is 0.817. The molecule has 2 rings (SSSR count). The second kappa shape index (κ2) is 6.18. The van der Waals surface area contributed by atoms with Gasteiger partial charge in [0.05, 0.1) is 12.3 Å². The van der Waals surface area contributed by atoms with Crippen LogP contribution in [-0.2, 0) is 18.7 Å². The Labute approximate surface area is 109 Å². The lowest BCUT2D eigenvalue weighted by molar-refractivity contribution is 0.469. The Bertz CT molecular complexity index is 467. The minimum absolute atomic E-state index is 0.767. The van der Waals surface area contributed by atoms with Crippen molar-refractivity contribution in [2.75, 3.05) is 7.05 Å². The average Bonchev–Trinajstić information content (AvgIpc) is 2.95. The summed E-state index contributed by atoms with van der Waals surface area (Å²) in [4.78, 5) is 4.40. The molecule has 0 spiro atoms. The Morgan fingerprint density at radius 3 is 2.94 bits per heavy atom. The van der Waals surface area contributed by atoms with Crippen LogP contribution < -0.4 is 5.32 Å². The molecule has 0 aromatic carbocycles. The van der Waals surface area contributed by atoms with Crippen LogP contribution in [0.5, 0.6) is 0 Å². The summed E-state index contributed by atoms with van der Waals surface area (Å²) in [5.41, 5.74) is 0. The first-order valence-corrected chi connectivity index (χ1v) is 7.25. The fourth-order valence-electron chi connectivity index (χ4n) is 1.34. The summed E-state index contributed by atoms with van der Waals surface area (Å²) in [7, 11) is 1.91. The Morgan fingerprint density at radius 2 is 2.24 bits per heavy atom. The monoisotopic (exact) mass is 269 g/mol. The topological polar surface area (TPSA) is 51.0 Å². The van der Waals surface area contributed by atoms with E-state index in [4.69, 9.17) is 4.42 Å². The average molecular weight is 269 g/mol. The number of nitrogens with zero attached hydrogens (tertiary/aromatic N) is 2. The standard InChI is InChI=1S/C11H15N3OS2/c1-3-10-13-11(17-14-10)16-7-9-5-4-8(15-9)6-12-2/h4-5,12H,3,6-7H2,1-2H3. The first-order chi connectivity index (χ1) is 8.31. The summed E-state index contributed by atoms with van der Waals surface area (Å²) >= 11 is 3.13. The van der Waals surface area contributed by atoms with Gasteiger partial charge in [-0.2, -0.15) is 4.37 Å². The molecule has 4 nitrogen and oxygen atoms in total. The zero-order chi connectivity index (χ0) is 12.1. The highest BCUT2D eigenvalue weighted by Gasteiger charge is 2.06. The molecule has 0 aliphatic heterocycles. The van der Waals surface area contributed by atoms with Crippen molar-refractivity contribution in [3.05, 3.63) is 29.5 Å². The SMILES string of the molecule is CCc1nsc(SCc2ccc(CNC)o2)n1. The number of hydrogen-bond donors (Lipinski definition) is 1. The fraction of sp³-hybridized carbons (Fsp3) is 0.455. The maximum atomic E-state index is 5.65. The smallest absolute Gasteiger partial charge is 0.170 e. The van der Waals surface area contributed by atoms with E-state index in [2.05, 4.69) is 21.6 Å². The number of hydrogen-bond acceptors (Lipinski definition) is 6. The van der Waals surface area contributed by atoms with Crippen LogP contribution in [0.2, 0.25) is 0 Å². The van der Waals surface area contributed by atoms with E-state index < -0.39 is 0 Å². The van der Waals surface area contributed by atoms with Gasteiger partial charge in [0.2, 0.25) is 0 Å². The Hall–Kier alpha value is -0.850. The predicted molar refractivity (Wildman–Crippen MR) is 70.3 cm³/mol. The number of aromatic nitrogens is 2. The van der Waals surface area contributed by atoms with E-state index in [0.29, 0.717) is 0 Å². The van der Waals surface area contributed by atoms with Gasteiger partial charge >= 0.3 is 0 Å². The Kier molecular flexibility index (Phi) is 4.58. The molecule has 0 atom stereocenters. The number of furan rings is 1. The first-order valence-electron chi connectivity index (χ1n) is 5.49. The molecule has 2 aromatic rings. The molecule has 0 saturated carbocycles. The highest BCUT2D eigenvalue weighted by atomic mass is 32.2. The highest BCUT2D eigenvalue weighted by molar-refractivity contribution is 8.00. The van der Waals surface area contributed by atoms with Crippen LogP contribution in [-0.4, -0.2) is 16.4 Å². The van der Waals surface area contributed by atoms with Crippen molar-refractivity contribution in [3.8, 4) is 0 Å². The van der Waals surface area contributed by atoms with Crippen LogP contribution in [0.15, 0.2) is 20.9 Å². The molecular weight excluding hydrogens is 254 g/mol. The molecule has 0 bridgehead atoms. The van der Waals surface area contributed by atoms with Gasteiger partial charge in [-0.15, -0.1) is 0 Å². The molecular formula is C11H15N3OS2. The predicted octanol–water partition coefficient (Wildman–Crippen LogP) is 2.71. The van der Waals surface area contributed by atoms with E-state index in [-0.39, 0.29) is 0 Å². The normalized spacial score (nSPS) is 10.9. The Morgan fingerprint density at radius 1 is 1.41 bits per heavy atom. The van der Waals surface area contributed by atoms with Crippen molar-refractivity contribution in [1.29, 1.82) is 0 Å². The van der Waals surface area contributed by atoms with Gasteiger partial charge in [0.1, 0.15) is 17.3 Å². The van der Waals surface area contributed by atoms with Crippen LogP contribution >= 0.6 is 23.3 Å². The molecule has 0 amide bonds. The van der Waals surface area contributed by atoms with Gasteiger partial charge in [-0.25, -0.2) is 4.98 Å². The summed E-state index contributed by atoms with van der Waals surface area (Å²) in [6.45, 7) is 2.83. The van der Waals surface area contributed by atoms with Crippen molar-refractivity contribution < 1.29 is 4.42 Å². The van der Waals surface area contributed by atoms with Gasteiger partial charge in [0.15, 0.2) is 4.34 Å². The molecule has 92 valence electrons. The van der Waals surface area contributed by atoms with Crippen LogP contribution in [0, 0.1) is 0 Å². The molecule has 2 aromatic heterocycles. The minimum atomic E-state index is 0.767. The minimum Gasteiger partial charge on any atom is -0.464 e. The molecule has 0 fully saturated rings. The van der Waals surface area contributed by atoms with Crippen LogP contribution in [0.3, 0.4) is 0 Å². The lowest BCUT2D eigenvalue weighted by Gasteiger charge is -1.95. The third-order valence-electron chi connectivity index (χ3n) is 2.17. The van der Waals surface area contributed by atoms with Gasteiger partial charge in [-0.05, 0) is 30.7 Å². The van der Waals surface area contributed by atoms with Crippen molar-refractivity contribution >= 4 is 23.3 Å². The van der Waals surface area contributed by atoms with Gasteiger partial charge in [0, 0.05) is 6.42 Å². The molecule has 0 unspecified atom stereocenters. The van der Waals surface area contributed by atoms with Crippen molar-refractivity contribution in [1.82, 2.24) is 14.7 Å². The van der Waals surface area contributed by atoms with Crippen molar-refractivity contribution in [2.24, 2.45) is 0 Å². The van der Waals surface area contributed by atoms with Crippen molar-refractivity contribution in [2.45, 2.75) is 30.0 Å². The van der Waals surface area contributed by atoms with E-state index in [9.17, 15) is 0 Å². The summed E-state index contributed by atoms with van der Waals surface area (Å²) in [6, 6.07) is 4.02. The summed E-state index contributed by atoms with van der Waals surface area (Å²) in [6.07, 6.45) is 0.893. The lowest BCUT2D eigenvalue weighted by atomic mass is 10.4. The molecule has 0 saturated heterocycles. The number of aryl methyl sites for hydroxylation is 1. The molecule has 2 heterocycles. The van der Waals surface area contributed by atoms with Gasteiger partial charge < -0.3 is 9.73 Å². The number of rotatable bonds is 6. The van der Waals surface area contributed by atoms with E-state index in [1.54, 1.807) is 11.8 Å². The van der Waals surface area contributed by atoms with E-state index >= 15 is 0 Å². The van der Waals surface area contributed by atoms with Crippen LogP contribution in [0.25, 0.3) is 0 Å². The molecule has 0 radical (unpaired) electrons. The van der Waals surface area contributed by atoms with Gasteiger partial charge in [0.25, 0.3) is 0 Å². The largest absolute Gasteiger partial charge is 0.464 e. The highest BCUT2D eigenvalue weighted by Crippen LogP contribution is 2.25. The number of nitrogens with one attached hydrogen (secondary N) is 1. The summed E-state index contributed by atoms with van der Waals surface area (Å²) < 4.78 is 10.9. The second-order valence-electron chi connectivity index (χ2n) is 3.52. The van der Waals surface area contributed by atoms with E-state index in [1.807, 2.05) is 19.2 Å². The zero-order valence-electron chi connectivity index (χ0n) is 9.90. The fourth-order valence-corrected chi connectivity index (χ4v) is 2.93. The first kappa shape index (κ1) is 12.6. The van der Waals surface area contributed by atoms with Crippen LogP contribution in [0.4, 0.5) is 0 Å². The van der Waals surface area contributed by atoms with E-state index in [0.717, 1.165) is 40.4 Å². The molecule has 6 heteroatoms. The summed E-state index contributed by atoms with van der Waals surface area (Å²) in [5.74, 6) is 3.68. The molecule has 1 N–H and O–H groups in total. The maximum absolute atomic E-state index is 5.65. The Balaban J connectivity index is 1.88. The molecule has 0 aliphatic carbocycles. The molecule has 17 heavy (non-hydrogen) atoms. The number of thioether (sulfide) groups is 1. The summed E-state index contributed by atoms with van der Waals surface area (Å²) in [5, 5.41) is 3.06. The van der Waals surface area contributed by atoms with Crippen molar-refractivity contribution in [3.63, 3.8) is 0 Å². The maximum Gasteiger partial charge on any atom is 0.170 e. The third kappa shape index (κ3) is 3.55. The van der Waals surface area contributed by atoms with Gasteiger partial charge in [-0.3, -0.25) is 0 Å². The van der Waals surface area contributed by atoms with E-state index in [1.165, 1.54) is 11.5 Å². The second-order valence-corrected chi connectivity index (χ2v) is 5.49. The third-order valence-corrected chi connectivity index (χ3v) is 4.07. The molecule has 0 aliphatic rings.